The van der Waals surface area contributed by atoms with Gasteiger partial charge in [-0.3, -0.25) is 4.79 Å². The number of carbonyl (C=O) groups excluding carboxylic acids is 1. The molecule has 1 amide bonds. The third kappa shape index (κ3) is 2.57. The van der Waals surface area contributed by atoms with E-state index in [0.29, 0.717) is 11.9 Å². The number of nitrogens with one attached hydrogen (secondary N) is 1. The largest absolute Gasteiger partial charge is 0.341 e. The molecule has 0 aromatic rings. The second kappa shape index (κ2) is 5.17. The van der Waals surface area contributed by atoms with Gasteiger partial charge in [0.05, 0.1) is 6.04 Å². The molecule has 2 rings (SSSR count). The number of carbonyl (C=O) groups is 1. The summed E-state index contributed by atoms with van der Waals surface area (Å²) < 4.78 is 0. The first-order valence-corrected chi connectivity index (χ1v) is 6.68. The van der Waals surface area contributed by atoms with Crippen LogP contribution in [0.1, 0.15) is 45.4 Å². The van der Waals surface area contributed by atoms with Crippen LogP contribution in [0.25, 0.3) is 0 Å². The maximum Gasteiger partial charge on any atom is 0.239 e. The van der Waals surface area contributed by atoms with E-state index < -0.39 is 0 Å². The molecule has 1 atom stereocenters. The van der Waals surface area contributed by atoms with Crippen molar-refractivity contribution in [3.63, 3.8) is 0 Å². The number of hydrogen-bond acceptors (Lipinski definition) is 2. The second-order valence-electron chi connectivity index (χ2n) is 5.51. The van der Waals surface area contributed by atoms with Crippen LogP contribution in [0, 0.1) is 5.92 Å². The van der Waals surface area contributed by atoms with Gasteiger partial charge in [-0.25, -0.2) is 0 Å². The Bertz CT molecular complexity index is 240. The van der Waals surface area contributed by atoms with Crippen LogP contribution in [0.5, 0.6) is 0 Å². The van der Waals surface area contributed by atoms with Crippen molar-refractivity contribution in [3.8, 4) is 0 Å². The summed E-state index contributed by atoms with van der Waals surface area (Å²) in [6.07, 6.45) is 7.10. The lowest BCUT2D eigenvalue weighted by Gasteiger charge is -2.35. The average Bonchev–Trinajstić information content (AvgIpc) is 2.81. The van der Waals surface area contributed by atoms with Crippen molar-refractivity contribution in [1.82, 2.24) is 10.2 Å². The van der Waals surface area contributed by atoms with E-state index in [9.17, 15) is 4.79 Å². The summed E-state index contributed by atoms with van der Waals surface area (Å²) in [5.41, 5.74) is 0. The highest BCUT2D eigenvalue weighted by Gasteiger charge is 2.30. The molecule has 1 saturated carbocycles. The van der Waals surface area contributed by atoms with Crippen molar-refractivity contribution in [3.05, 3.63) is 0 Å². The van der Waals surface area contributed by atoms with Gasteiger partial charge in [0.2, 0.25) is 5.91 Å². The fraction of sp³-hybridized carbons (Fsp3) is 0.923. The molecule has 0 radical (unpaired) electrons. The molecule has 3 heteroatoms. The molecule has 1 aliphatic heterocycles. The van der Waals surface area contributed by atoms with Crippen LogP contribution in [0.4, 0.5) is 0 Å². The summed E-state index contributed by atoms with van der Waals surface area (Å²) in [5, 5.41) is 3.29. The summed E-state index contributed by atoms with van der Waals surface area (Å²) in [4.78, 5) is 14.2. The predicted molar refractivity (Wildman–Crippen MR) is 65.2 cm³/mol. The van der Waals surface area contributed by atoms with E-state index in [2.05, 4.69) is 12.2 Å². The fourth-order valence-electron chi connectivity index (χ4n) is 2.95. The summed E-state index contributed by atoms with van der Waals surface area (Å²) in [7, 11) is 1.99. The van der Waals surface area contributed by atoms with Crippen LogP contribution in [0.15, 0.2) is 0 Å². The average molecular weight is 224 g/mol. The normalized spacial score (nSPS) is 35.0. The lowest BCUT2D eigenvalue weighted by Crippen LogP contribution is -2.47. The molecular formula is C13H24N2O. The number of amides is 1. The first-order valence-electron chi connectivity index (χ1n) is 6.68. The van der Waals surface area contributed by atoms with Gasteiger partial charge in [-0.1, -0.05) is 6.92 Å². The van der Waals surface area contributed by atoms with Crippen LogP contribution < -0.4 is 5.32 Å². The van der Waals surface area contributed by atoms with E-state index in [1.807, 2.05) is 11.9 Å². The van der Waals surface area contributed by atoms with Crippen molar-refractivity contribution < 1.29 is 4.79 Å². The van der Waals surface area contributed by atoms with Crippen LogP contribution >= 0.6 is 0 Å². The molecule has 1 aliphatic carbocycles. The highest BCUT2D eigenvalue weighted by Crippen LogP contribution is 2.27. The molecule has 0 aromatic heterocycles. The van der Waals surface area contributed by atoms with E-state index in [4.69, 9.17) is 0 Å². The van der Waals surface area contributed by atoms with Crippen LogP contribution in [0.3, 0.4) is 0 Å². The van der Waals surface area contributed by atoms with E-state index in [0.717, 1.165) is 25.3 Å². The third-order valence-electron chi connectivity index (χ3n) is 4.24. The van der Waals surface area contributed by atoms with Crippen molar-refractivity contribution in [2.45, 2.75) is 57.5 Å². The molecular weight excluding hydrogens is 200 g/mol. The van der Waals surface area contributed by atoms with E-state index in [1.54, 1.807) is 0 Å². The van der Waals surface area contributed by atoms with Gasteiger partial charge < -0.3 is 10.2 Å². The Labute approximate surface area is 98.6 Å². The number of likely N-dealkylation sites (N-methyl/N-ethyl adjacent to an activating group) is 1. The van der Waals surface area contributed by atoms with Gasteiger partial charge >= 0.3 is 0 Å². The standard InChI is InChI=1S/C13H24N2O/c1-10-5-7-11(8-6-10)15(2)13(16)12-4-3-9-14-12/h10-12,14H,3-9H2,1-2H3/t10?,11?,12-/m0/s1. The van der Waals surface area contributed by atoms with E-state index in [1.165, 1.54) is 25.7 Å². The molecule has 0 aromatic carbocycles. The van der Waals surface area contributed by atoms with Crippen LogP contribution in [-0.4, -0.2) is 36.5 Å². The van der Waals surface area contributed by atoms with E-state index in [-0.39, 0.29) is 6.04 Å². The topological polar surface area (TPSA) is 32.3 Å². The Morgan fingerprint density at radius 2 is 1.88 bits per heavy atom. The van der Waals surface area contributed by atoms with Gasteiger partial charge in [0.15, 0.2) is 0 Å². The highest BCUT2D eigenvalue weighted by molar-refractivity contribution is 5.82. The predicted octanol–water partition coefficient (Wildman–Crippen LogP) is 1.78. The number of rotatable bonds is 2. The Kier molecular flexibility index (Phi) is 3.85. The minimum atomic E-state index is 0.101. The quantitative estimate of drug-likeness (QED) is 0.775. The zero-order valence-electron chi connectivity index (χ0n) is 10.5. The molecule has 2 aliphatic rings. The Morgan fingerprint density at radius 3 is 2.44 bits per heavy atom. The van der Waals surface area contributed by atoms with Crippen molar-refractivity contribution in [1.29, 1.82) is 0 Å². The van der Waals surface area contributed by atoms with Gasteiger partial charge in [0, 0.05) is 13.1 Å². The van der Waals surface area contributed by atoms with Gasteiger partial charge in [0.25, 0.3) is 0 Å². The van der Waals surface area contributed by atoms with Crippen LogP contribution in [-0.2, 0) is 4.79 Å². The third-order valence-corrected chi connectivity index (χ3v) is 4.24. The Hall–Kier alpha value is -0.570. The van der Waals surface area contributed by atoms with Crippen molar-refractivity contribution in [2.75, 3.05) is 13.6 Å². The smallest absolute Gasteiger partial charge is 0.239 e. The molecule has 16 heavy (non-hydrogen) atoms. The lowest BCUT2D eigenvalue weighted by molar-refractivity contribution is -0.134. The van der Waals surface area contributed by atoms with Crippen molar-refractivity contribution >= 4 is 5.91 Å². The Balaban J connectivity index is 1.86. The number of hydrogen-bond donors (Lipinski definition) is 1. The first-order chi connectivity index (χ1) is 7.68. The first kappa shape index (κ1) is 11.9. The zero-order valence-corrected chi connectivity index (χ0v) is 10.5. The molecule has 1 saturated heterocycles. The summed E-state index contributed by atoms with van der Waals surface area (Å²) >= 11 is 0. The number of nitrogens with zero attached hydrogens (tertiary/aromatic N) is 1. The monoisotopic (exact) mass is 224 g/mol. The SMILES string of the molecule is CC1CCC(N(C)C(=O)[C@@H]2CCCN2)CC1. The molecule has 92 valence electrons. The molecule has 0 unspecified atom stereocenters. The van der Waals surface area contributed by atoms with Crippen molar-refractivity contribution in [2.24, 2.45) is 5.92 Å². The molecule has 3 nitrogen and oxygen atoms in total. The van der Waals surface area contributed by atoms with Gasteiger partial charge in [-0.2, -0.15) is 0 Å². The summed E-state index contributed by atoms with van der Waals surface area (Å²) in [6.45, 7) is 3.32. The highest BCUT2D eigenvalue weighted by atomic mass is 16.2. The van der Waals surface area contributed by atoms with Gasteiger partial charge in [-0.15, -0.1) is 0 Å². The minimum Gasteiger partial charge on any atom is -0.341 e. The van der Waals surface area contributed by atoms with Crippen LogP contribution in [0.2, 0.25) is 0 Å². The Morgan fingerprint density at radius 1 is 1.19 bits per heavy atom. The lowest BCUT2D eigenvalue weighted by atomic mass is 9.86. The summed E-state index contributed by atoms with van der Waals surface area (Å²) in [6, 6.07) is 0.593. The minimum absolute atomic E-state index is 0.101. The molecule has 0 bridgehead atoms. The van der Waals surface area contributed by atoms with Gasteiger partial charge in [0.1, 0.15) is 0 Å². The maximum atomic E-state index is 12.2. The van der Waals surface area contributed by atoms with Gasteiger partial charge in [-0.05, 0) is 51.0 Å². The van der Waals surface area contributed by atoms with E-state index >= 15 is 0 Å². The zero-order chi connectivity index (χ0) is 11.5. The fourth-order valence-corrected chi connectivity index (χ4v) is 2.95. The molecule has 2 fully saturated rings. The maximum absolute atomic E-state index is 12.2. The molecule has 1 N–H and O–H groups in total. The molecule has 1 heterocycles. The summed E-state index contributed by atoms with van der Waals surface area (Å²) in [5.74, 6) is 1.17. The second-order valence-corrected chi connectivity index (χ2v) is 5.51. The molecule has 0 spiro atoms.